The lowest BCUT2D eigenvalue weighted by molar-refractivity contribution is 0.223. The van der Waals surface area contributed by atoms with Gasteiger partial charge in [-0.25, -0.2) is 0 Å². The summed E-state index contributed by atoms with van der Waals surface area (Å²) in [5.74, 6) is 0.681. The van der Waals surface area contributed by atoms with Crippen LogP contribution in [0.25, 0.3) is 0 Å². The summed E-state index contributed by atoms with van der Waals surface area (Å²) in [5, 5.41) is 0. The topological polar surface area (TPSA) is 0 Å². The van der Waals surface area contributed by atoms with Gasteiger partial charge in [0.1, 0.15) is 0 Å². The van der Waals surface area contributed by atoms with Crippen LogP contribution >= 0.6 is 15.9 Å². The second-order valence-corrected chi connectivity index (χ2v) is 6.70. The van der Waals surface area contributed by atoms with Crippen LogP contribution in [0.5, 0.6) is 0 Å². The van der Waals surface area contributed by atoms with E-state index in [-0.39, 0.29) is 4.32 Å². The zero-order valence-corrected chi connectivity index (χ0v) is 9.54. The minimum atomic E-state index is 0.255. The van der Waals surface area contributed by atoms with E-state index < -0.39 is 0 Å². The van der Waals surface area contributed by atoms with Crippen molar-refractivity contribution in [1.29, 1.82) is 0 Å². The molecule has 0 radical (unpaired) electrons. The minimum Gasteiger partial charge on any atom is -0.0856 e. The van der Waals surface area contributed by atoms with Crippen molar-refractivity contribution in [1.82, 2.24) is 0 Å². The van der Waals surface area contributed by atoms with Gasteiger partial charge in [0.2, 0.25) is 0 Å². The summed E-state index contributed by atoms with van der Waals surface area (Å²) in [5.41, 5.74) is 0.396. The summed E-state index contributed by atoms with van der Waals surface area (Å²) >= 11 is 3.68. The van der Waals surface area contributed by atoms with Crippen molar-refractivity contribution in [3.63, 3.8) is 0 Å². The molecule has 0 aromatic carbocycles. The Bertz CT molecular complexity index is 88.9. The first kappa shape index (κ1) is 10.5. The van der Waals surface area contributed by atoms with Gasteiger partial charge in [-0.05, 0) is 25.2 Å². The molecular weight excluding hydrogens is 188 g/mol. The van der Waals surface area contributed by atoms with E-state index in [0.717, 1.165) is 0 Å². The van der Waals surface area contributed by atoms with Gasteiger partial charge in [-0.1, -0.05) is 43.6 Å². The zero-order valence-electron chi connectivity index (χ0n) is 7.96. The third kappa shape index (κ3) is 3.05. The molecule has 0 N–H and O–H groups in total. The van der Waals surface area contributed by atoms with Crippen LogP contribution in [0.3, 0.4) is 0 Å². The third-order valence-electron chi connectivity index (χ3n) is 2.33. The highest BCUT2D eigenvalue weighted by Gasteiger charge is 2.31. The van der Waals surface area contributed by atoms with Crippen LogP contribution in [0.15, 0.2) is 0 Å². The monoisotopic (exact) mass is 206 g/mol. The van der Waals surface area contributed by atoms with E-state index in [1.54, 1.807) is 0 Å². The Balaban J connectivity index is 4.23. The van der Waals surface area contributed by atoms with Gasteiger partial charge < -0.3 is 0 Å². The third-order valence-corrected chi connectivity index (χ3v) is 3.02. The summed E-state index contributed by atoms with van der Waals surface area (Å²) in [7, 11) is 0. The predicted octanol–water partition coefficient (Wildman–Crippen LogP) is 3.84. The Morgan fingerprint density at radius 3 is 1.30 bits per heavy atom. The number of hydrogen-bond acceptors (Lipinski definition) is 0. The maximum Gasteiger partial charge on any atom is 0.0232 e. The Hall–Kier alpha value is 0.480. The van der Waals surface area contributed by atoms with Crippen LogP contribution in [0.2, 0.25) is 0 Å². The van der Waals surface area contributed by atoms with Crippen LogP contribution in [0.4, 0.5) is 0 Å². The first-order chi connectivity index (χ1) is 4.15. The molecule has 0 nitrogen and oxygen atoms in total. The van der Waals surface area contributed by atoms with Gasteiger partial charge in [-0.15, -0.1) is 0 Å². The van der Waals surface area contributed by atoms with Gasteiger partial charge in [-0.2, -0.15) is 0 Å². The maximum absolute atomic E-state index is 3.68. The second kappa shape index (κ2) is 2.84. The lowest BCUT2D eigenvalue weighted by Gasteiger charge is -2.36. The molecule has 10 heavy (non-hydrogen) atoms. The number of alkyl halides is 1. The molecule has 1 unspecified atom stereocenters. The molecule has 0 saturated heterocycles. The Morgan fingerprint density at radius 2 is 1.30 bits per heavy atom. The zero-order chi connectivity index (χ0) is 8.58. The number of hydrogen-bond donors (Lipinski definition) is 0. The lowest BCUT2D eigenvalue weighted by Crippen LogP contribution is -2.32. The van der Waals surface area contributed by atoms with Crippen molar-refractivity contribution in [2.45, 2.75) is 45.9 Å². The van der Waals surface area contributed by atoms with Crippen molar-refractivity contribution in [3.8, 4) is 0 Å². The minimum absolute atomic E-state index is 0.255. The molecule has 0 heterocycles. The normalized spacial score (nSPS) is 17.1. The smallest absolute Gasteiger partial charge is 0.0232 e. The molecule has 0 aliphatic rings. The van der Waals surface area contributed by atoms with Gasteiger partial charge >= 0.3 is 0 Å². The van der Waals surface area contributed by atoms with Crippen molar-refractivity contribution < 1.29 is 0 Å². The molecule has 1 atom stereocenters. The van der Waals surface area contributed by atoms with E-state index in [0.29, 0.717) is 11.3 Å². The average molecular weight is 207 g/mol. The van der Waals surface area contributed by atoms with E-state index in [1.165, 1.54) is 0 Å². The lowest BCUT2D eigenvalue weighted by atomic mass is 9.76. The molecule has 0 aromatic heterocycles. The Morgan fingerprint density at radius 1 is 1.00 bits per heavy atom. The fourth-order valence-corrected chi connectivity index (χ4v) is 1.72. The molecule has 0 amide bonds. The molecule has 0 spiro atoms. The summed E-state index contributed by atoms with van der Waals surface area (Å²) in [4.78, 5) is 0. The molecule has 0 bridgehead atoms. The van der Waals surface area contributed by atoms with Crippen molar-refractivity contribution in [2.75, 3.05) is 0 Å². The molecule has 0 aliphatic heterocycles. The van der Waals surface area contributed by atoms with Gasteiger partial charge in [0, 0.05) is 4.32 Å². The second-order valence-electron chi connectivity index (χ2n) is 4.65. The SMILES string of the molecule is CC(C(C)(C)C)C(C)(C)Br. The van der Waals surface area contributed by atoms with Gasteiger partial charge in [-0.3, -0.25) is 0 Å². The molecule has 0 fully saturated rings. The first-order valence-electron chi connectivity index (χ1n) is 3.84. The number of rotatable bonds is 1. The quantitative estimate of drug-likeness (QED) is 0.573. The standard InChI is InChI=1S/C9H19Br/c1-7(8(2,3)4)9(5,6)10/h7H,1-6H3. The van der Waals surface area contributed by atoms with E-state index in [1.807, 2.05) is 0 Å². The van der Waals surface area contributed by atoms with Crippen LogP contribution in [0, 0.1) is 11.3 Å². The van der Waals surface area contributed by atoms with Crippen LogP contribution in [0.1, 0.15) is 41.5 Å². The Labute approximate surface area is 73.5 Å². The van der Waals surface area contributed by atoms with E-state index in [4.69, 9.17) is 0 Å². The summed E-state index contributed by atoms with van der Waals surface area (Å²) in [6, 6.07) is 0. The molecule has 1 heteroatoms. The number of halogens is 1. The highest BCUT2D eigenvalue weighted by molar-refractivity contribution is 9.10. The Kier molecular flexibility index (Phi) is 2.98. The summed E-state index contributed by atoms with van der Waals surface area (Å²) in [6.45, 7) is 13.6. The highest BCUT2D eigenvalue weighted by Crippen LogP contribution is 2.38. The van der Waals surface area contributed by atoms with Gasteiger partial charge in [0.15, 0.2) is 0 Å². The van der Waals surface area contributed by atoms with E-state index in [2.05, 4.69) is 57.5 Å². The molecule has 0 rings (SSSR count). The van der Waals surface area contributed by atoms with Crippen LogP contribution < -0.4 is 0 Å². The maximum atomic E-state index is 3.68. The van der Waals surface area contributed by atoms with E-state index >= 15 is 0 Å². The van der Waals surface area contributed by atoms with E-state index in [9.17, 15) is 0 Å². The largest absolute Gasteiger partial charge is 0.0856 e. The summed E-state index contributed by atoms with van der Waals surface area (Å²) in [6.07, 6.45) is 0. The fraction of sp³-hybridized carbons (Fsp3) is 1.00. The van der Waals surface area contributed by atoms with Crippen molar-refractivity contribution in [3.05, 3.63) is 0 Å². The fourth-order valence-electron chi connectivity index (χ4n) is 1.03. The average Bonchev–Trinajstić information content (AvgIpc) is 1.59. The molecular formula is C9H19Br. The van der Waals surface area contributed by atoms with Gasteiger partial charge in [0.05, 0.1) is 0 Å². The van der Waals surface area contributed by atoms with Crippen LogP contribution in [-0.4, -0.2) is 4.32 Å². The molecule has 0 aliphatic carbocycles. The predicted molar refractivity (Wildman–Crippen MR) is 51.6 cm³/mol. The molecule has 0 saturated carbocycles. The first-order valence-corrected chi connectivity index (χ1v) is 4.64. The van der Waals surface area contributed by atoms with Crippen molar-refractivity contribution in [2.24, 2.45) is 11.3 Å². The molecule has 0 aromatic rings. The molecule has 62 valence electrons. The van der Waals surface area contributed by atoms with Crippen molar-refractivity contribution >= 4 is 15.9 Å². The summed E-state index contributed by atoms with van der Waals surface area (Å²) < 4.78 is 0.255. The highest BCUT2D eigenvalue weighted by atomic mass is 79.9. The van der Waals surface area contributed by atoms with Gasteiger partial charge in [0.25, 0.3) is 0 Å². The van der Waals surface area contributed by atoms with Crippen LogP contribution in [-0.2, 0) is 0 Å².